The number of nitrogens with two attached hydrogens (primary N) is 1. The lowest BCUT2D eigenvalue weighted by atomic mass is 10.0. The van der Waals surface area contributed by atoms with Gasteiger partial charge in [0.1, 0.15) is 18.8 Å². The van der Waals surface area contributed by atoms with Gasteiger partial charge >= 0.3 is 6.09 Å². The molecule has 0 aliphatic heterocycles. The smallest absolute Gasteiger partial charge is 0.407 e. The minimum absolute atomic E-state index is 0.0607. The number of benzene rings is 2. The molecule has 0 aromatic heterocycles. The van der Waals surface area contributed by atoms with Crippen molar-refractivity contribution in [2.75, 3.05) is 6.54 Å². The Morgan fingerprint density at radius 3 is 2.38 bits per heavy atom. The van der Waals surface area contributed by atoms with E-state index in [2.05, 4.69) is 10.5 Å². The molecule has 0 fully saturated rings. The molecule has 6 N–H and O–H groups in total. The summed E-state index contributed by atoms with van der Waals surface area (Å²) < 4.78 is 5.02. The molecule has 0 bridgehead atoms. The molecule has 26 heavy (non-hydrogen) atoms. The molecule has 0 spiro atoms. The summed E-state index contributed by atoms with van der Waals surface area (Å²) in [5, 5.41) is 34.1. The Balaban J connectivity index is 1.81. The highest BCUT2D eigenvalue weighted by molar-refractivity contribution is 5.96. The van der Waals surface area contributed by atoms with Gasteiger partial charge in [-0.1, -0.05) is 59.8 Å². The Kier molecular flexibility index (Phi) is 6.95. The van der Waals surface area contributed by atoms with Crippen molar-refractivity contribution in [2.45, 2.75) is 18.8 Å². The summed E-state index contributed by atoms with van der Waals surface area (Å²) in [4.78, 5) is 11.7. The Morgan fingerprint density at radius 1 is 1.12 bits per heavy atom. The number of amides is 1. The van der Waals surface area contributed by atoms with Gasteiger partial charge < -0.3 is 31.2 Å². The second-order valence-corrected chi connectivity index (χ2v) is 5.56. The number of nitrogens with one attached hydrogen (secondary N) is 1. The highest BCUT2D eigenvalue weighted by atomic mass is 16.5. The number of oxime groups is 1. The molecule has 0 aliphatic rings. The first-order valence-electron chi connectivity index (χ1n) is 7.90. The van der Waals surface area contributed by atoms with E-state index >= 15 is 0 Å². The van der Waals surface area contributed by atoms with E-state index in [1.165, 1.54) is 12.1 Å². The molecule has 2 rings (SSSR count). The van der Waals surface area contributed by atoms with Crippen LogP contribution in [-0.2, 0) is 11.3 Å². The monoisotopic (exact) mass is 359 g/mol. The van der Waals surface area contributed by atoms with Crippen LogP contribution in [0.3, 0.4) is 0 Å². The Morgan fingerprint density at radius 2 is 1.77 bits per heavy atom. The molecular formula is C18H21N3O5. The molecule has 8 heteroatoms. The lowest BCUT2D eigenvalue weighted by Gasteiger charge is -2.19. The molecule has 138 valence electrons. The molecule has 2 aromatic rings. The van der Waals surface area contributed by atoms with Crippen LogP contribution in [0.15, 0.2) is 59.8 Å². The van der Waals surface area contributed by atoms with Crippen LogP contribution in [0.4, 0.5) is 4.79 Å². The van der Waals surface area contributed by atoms with Crippen LogP contribution in [0.2, 0.25) is 0 Å². The lowest BCUT2D eigenvalue weighted by Crippen LogP contribution is -2.35. The molecule has 2 atom stereocenters. The van der Waals surface area contributed by atoms with E-state index in [0.717, 1.165) is 5.56 Å². The summed E-state index contributed by atoms with van der Waals surface area (Å²) in [5.41, 5.74) is 7.20. The maximum absolute atomic E-state index is 11.7. The van der Waals surface area contributed by atoms with Gasteiger partial charge in [0.25, 0.3) is 0 Å². The van der Waals surface area contributed by atoms with Crippen molar-refractivity contribution in [3.63, 3.8) is 0 Å². The summed E-state index contributed by atoms with van der Waals surface area (Å²) in [6.45, 7) is -0.0720. The van der Waals surface area contributed by atoms with Crippen LogP contribution in [-0.4, -0.2) is 40.0 Å². The van der Waals surface area contributed by atoms with Crippen molar-refractivity contribution in [2.24, 2.45) is 10.9 Å². The van der Waals surface area contributed by atoms with Crippen molar-refractivity contribution < 1.29 is 25.0 Å². The Hall–Kier alpha value is -3.10. The fourth-order valence-electron chi connectivity index (χ4n) is 2.20. The number of hydrogen-bond acceptors (Lipinski definition) is 6. The fraction of sp³-hybridized carbons (Fsp3) is 0.222. The minimum atomic E-state index is -1.23. The van der Waals surface area contributed by atoms with E-state index < -0.39 is 18.3 Å². The molecule has 0 saturated carbocycles. The third-order valence-electron chi connectivity index (χ3n) is 3.69. The summed E-state index contributed by atoms with van der Waals surface area (Å²) in [5.74, 6) is -0.0607. The Labute approximate surface area is 150 Å². The third kappa shape index (κ3) is 5.47. The average molecular weight is 359 g/mol. The predicted molar refractivity (Wildman–Crippen MR) is 94.5 cm³/mol. The van der Waals surface area contributed by atoms with Crippen molar-refractivity contribution in [3.05, 3.63) is 71.3 Å². The normalized spacial score (nSPS) is 13.7. The van der Waals surface area contributed by atoms with Gasteiger partial charge in [0.15, 0.2) is 5.84 Å². The molecule has 8 nitrogen and oxygen atoms in total. The molecule has 2 aromatic carbocycles. The van der Waals surface area contributed by atoms with Crippen molar-refractivity contribution in [1.29, 1.82) is 0 Å². The number of aliphatic hydroxyl groups excluding tert-OH is 2. The zero-order valence-corrected chi connectivity index (χ0v) is 13.9. The van der Waals surface area contributed by atoms with Gasteiger partial charge in [-0.25, -0.2) is 4.79 Å². The second-order valence-electron chi connectivity index (χ2n) is 5.56. The first kappa shape index (κ1) is 19.2. The number of aliphatic hydroxyl groups is 2. The largest absolute Gasteiger partial charge is 0.445 e. The summed E-state index contributed by atoms with van der Waals surface area (Å²) in [6, 6.07) is 15.3. The van der Waals surface area contributed by atoms with Gasteiger partial charge in [-0.05, 0) is 11.1 Å². The number of hydrogen-bond donors (Lipinski definition) is 5. The fourth-order valence-corrected chi connectivity index (χ4v) is 2.20. The maximum Gasteiger partial charge on any atom is 0.407 e. The number of carbonyl (C=O) groups excluding carboxylic acids is 1. The third-order valence-corrected chi connectivity index (χ3v) is 3.69. The van der Waals surface area contributed by atoms with E-state index in [4.69, 9.17) is 15.7 Å². The number of amidine groups is 1. The molecule has 1 amide bonds. The first-order valence-corrected chi connectivity index (χ1v) is 7.90. The van der Waals surface area contributed by atoms with Gasteiger partial charge in [0.05, 0.1) is 0 Å². The number of ether oxygens (including phenoxy) is 1. The van der Waals surface area contributed by atoms with Gasteiger partial charge in [0.2, 0.25) is 0 Å². The Bertz CT molecular complexity index is 734. The van der Waals surface area contributed by atoms with Gasteiger partial charge in [-0.3, -0.25) is 0 Å². The summed E-state index contributed by atoms with van der Waals surface area (Å²) >= 11 is 0. The SMILES string of the molecule is NC(=NO)c1ccc(C(O)C(O)CNC(=O)OCc2ccccc2)cc1. The highest BCUT2D eigenvalue weighted by Crippen LogP contribution is 2.17. The van der Waals surface area contributed by atoms with Crippen molar-refractivity contribution >= 4 is 11.9 Å². The molecule has 0 saturated heterocycles. The maximum atomic E-state index is 11.7. The minimum Gasteiger partial charge on any atom is -0.445 e. The van der Waals surface area contributed by atoms with Crippen molar-refractivity contribution in [1.82, 2.24) is 5.32 Å². The molecular weight excluding hydrogens is 338 g/mol. The zero-order chi connectivity index (χ0) is 18.9. The summed E-state index contributed by atoms with van der Waals surface area (Å²) in [7, 11) is 0. The van der Waals surface area contributed by atoms with E-state index in [1.807, 2.05) is 30.3 Å². The quantitative estimate of drug-likeness (QED) is 0.217. The van der Waals surface area contributed by atoms with Gasteiger partial charge in [-0.15, -0.1) is 0 Å². The first-order chi connectivity index (χ1) is 12.5. The predicted octanol–water partition coefficient (Wildman–Crippen LogP) is 1.10. The highest BCUT2D eigenvalue weighted by Gasteiger charge is 2.19. The average Bonchev–Trinajstić information content (AvgIpc) is 2.70. The van der Waals surface area contributed by atoms with Crippen LogP contribution in [0, 0.1) is 0 Å². The van der Waals surface area contributed by atoms with E-state index in [9.17, 15) is 15.0 Å². The topological polar surface area (TPSA) is 137 Å². The number of carbonyl (C=O) groups is 1. The van der Waals surface area contributed by atoms with Crippen LogP contribution < -0.4 is 11.1 Å². The lowest BCUT2D eigenvalue weighted by molar-refractivity contribution is 0.0184. The number of nitrogens with zero attached hydrogens (tertiary/aromatic N) is 1. The van der Waals surface area contributed by atoms with E-state index in [-0.39, 0.29) is 19.0 Å². The number of rotatable bonds is 7. The number of alkyl carbamates (subject to hydrolysis) is 1. The molecule has 0 heterocycles. The van der Waals surface area contributed by atoms with Crippen LogP contribution in [0.1, 0.15) is 22.8 Å². The molecule has 2 unspecified atom stereocenters. The van der Waals surface area contributed by atoms with Crippen LogP contribution in [0.25, 0.3) is 0 Å². The van der Waals surface area contributed by atoms with E-state index in [0.29, 0.717) is 11.1 Å². The van der Waals surface area contributed by atoms with Gasteiger partial charge in [-0.2, -0.15) is 0 Å². The van der Waals surface area contributed by atoms with Crippen LogP contribution in [0.5, 0.6) is 0 Å². The standard InChI is InChI=1S/C18H21N3O5/c19-17(21-25)14-8-6-13(7-9-14)16(23)15(22)10-20-18(24)26-11-12-4-2-1-3-5-12/h1-9,15-16,22-23,25H,10-11H2,(H2,19,21)(H,20,24). The molecule has 0 radical (unpaired) electrons. The van der Waals surface area contributed by atoms with Crippen molar-refractivity contribution in [3.8, 4) is 0 Å². The molecule has 0 aliphatic carbocycles. The van der Waals surface area contributed by atoms with E-state index in [1.54, 1.807) is 12.1 Å². The summed E-state index contributed by atoms with van der Waals surface area (Å²) in [6.07, 6.45) is -3.14. The van der Waals surface area contributed by atoms with Crippen LogP contribution >= 0.6 is 0 Å². The second kappa shape index (κ2) is 9.40. The van der Waals surface area contributed by atoms with Gasteiger partial charge in [0, 0.05) is 12.1 Å². The zero-order valence-electron chi connectivity index (χ0n) is 13.9.